The normalized spacial score (nSPS) is 37.3. The van der Waals surface area contributed by atoms with Gasteiger partial charge in [-0.05, 0) is 109 Å². The molecule has 0 N–H and O–H groups in total. The van der Waals surface area contributed by atoms with Crippen LogP contribution in [-0.2, 0) is 41.7 Å². The van der Waals surface area contributed by atoms with E-state index in [0.29, 0.717) is 24.5 Å². The highest BCUT2D eigenvalue weighted by atomic mass is 16.7. The molecule has 4 aliphatic carbocycles. The van der Waals surface area contributed by atoms with Crippen molar-refractivity contribution in [2.75, 3.05) is 6.61 Å². The summed E-state index contributed by atoms with van der Waals surface area (Å²) in [4.78, 5) is 27.7. The summed E-state index contributed by atoms with van der Waals surface area (Å²) in [5, 5.41) is 0. The van der Waals surface area contributed by atoms with Gasteiger partial charge in [0.1, 0.15) is 18.2 Å². The molecule has 0 spiro atoms. The fourth-order valence-electron chi connectivity index (χ4n) is 13.0. The second kappa shape index (κ2) is 17.5. The summed E-state index contributed by atoms with van der Waals surface area (Å²) in [7, 11) is 0. The number of amides is 2. The molecule has 0 bridgehead atoms. The van der Waals surface area contributed by atoms with Crippen LogP contribution in [0.4, 0.5) is 4.79 Å². The SMILES string of the molecule is CC(=O)N1C(=O)O[C@H]2[C@H](OCc3ccccc3)[C@@H](COCc3ccccc3)O[C@@H](OC3CC[C@@]4(C)C(=CC[C@H]5[C@@H]6CC[C@H]([C@H](C)CCCC(C)C)[C@@]6(C)CC[C@@H]54)C3)[C@@H]21. The monoisotopic (exact) mass is 796 g/mol. The first kappa shape index (κ1) is 41.7. The number of fused-ring (bicyclic) bond motifs is 6. The third-order valence-electron chi connectivity index (χ3n) is 16.0. The van der Waals surface area contributed by atoms with Crippen molar-refractivity contribution in [3.8, 4) is 0 Å². The smallest absolute Gasteiger partial charge is 0.417 e. The highest BCUT2D eigenvalue weighted by Gasteiger charge is 2.61. The molecule has 6 aliphatic rings. The van der Waals surface area contributed by atoms with Crippen molar-refractivity contribution >= 4 is 12.0 Å². The Morgan fingerprint density at radius 2 is 1.62 bits per heavy atom. The van der Waals surface area contributed by atoms with Crippen molar-refractivity contribution in [2.45, 2.75) is 162 Å². The van der Waals surface area contributed by atoms with E-state index < -0.39 is 42.6 Å². The Kier molecular flexibility index (Phi) is 12.6. The lowest BCUT2D eigenvalue weighted by Crippen LogP contribution is -2.63. The summed E-state index contributed by atoms with van der Waals surface area (Å²) in [6, 6.07) is 19.2. The average Bonchev–Trinajstić information content (AvgIpc) is 3.75. The first-order chi connectivity index (χ1) is 28.0. The summed E-state index contributed by atoms with van der Waals surface area (Å²) in [5.41, 5.74) is 4.21. The maximum atomic E-state index is 13.4. The van der Waals surface area contributed by atoms with E-state index in [-0.39, 0.29) is 18.1 Å². The van der Waals surface area contributed by atoms with Crippen LogP contribution in [-0.4, -0.2) is 60.3 Å². The van der Waals surface area contributed by atoms with Crippen molar-refractivity contribution in [1.82, 2.24) is 4.90 Å². The molecule has 316 valence electrons. The zero-order valence-corrected chi connectivity index (χ0v) is 36.0. The van der Waals surface area contributed by atoms with Crippen LogP contribution in [0.3, 0.4) is 0 Å². The Balaban J connectivity index is 0.981. The molecule has 58 heavy (non-hydrogen) atoms. The number of ether oxygens (including phenoxy) is 5. The summed E-state index contributed by atoms with van der Waals surface area (Å²) < 4.78 is 32.6. The number of nitrogens with zero attached hydrogens (tertiary/aromatic N) is 1. The zero-order chi connectivity index (χ0) is 40.6. The van der Waals surface area contributed by atoms with Crippen LogP contribution >= 0.6 is 0 Å². The highest BCUT2D eigenvalue weighted by molar-refractivity contribution is 5.92. The summed E-state index contributed by atoms with van der Waals surface area (Å²) >= 11 is 0. The Bertz CT molecular complexity index is 1750. The molecule has 8 rings (SSSR count). The van der Waals surface area contributed by atoms with Crippen molar-refractivity contribution < 1.29 is 33.3 Å². The molecule has 1 unspecified atom stereocenters. The third-order valence-corrected chi connectivity index (χ3v) is 16.0. The molecule has 0 radical (unpaired) electrons. The van der Waals surface area contributed by atoms with Gasteiger partial charge in [0.25, 0.3) is 0 Å². The standard InChI is InChI=1S/C50H69NO7/c1-32(2)14-13-15-33(3)40-22-23-41-39-21-20-37-28-38(24-26-49(37,5)42(39)25-27-50(40,41)6)56-47-44-46(58-48(53)51(44)34(4)52)45(55-30-36-18-11-8-12-19-36)43(57-47)31-54-29-35-16-9-7-10-17-35/h7-12,16-20,32-33,38-47H,13-15,21-31H2,1-6H3/t33-,38?,39+,40-,41+,42+,43-,44-,45-,46-,47-,49+,50-/m1/s1. The minimum atomic E-state index is -0.873. The molecular weight excluding hydrogens is 727 g/mol. The number of hydrogen-bond donors (Lipinski definition) is 0. The number of allylic oxidation sites excluding steroid dienone is 1. The van der Waals surface area contributed by atoms with Crippen molar-refractivity contribution in [3.63, 3.8) is 0 Å². The van der Waals surface area contributed by atoms with Gasteiger partial charge >= 0.3 is 6.09 Å². The van der Waals surface area contributed by atoms with Gasteiger partial charge in [-0.25, -0.2) is 9.69 Å². The lowest BCUT2D eigenvalue weighted by Gasteiger charge is -2.58. The number of rotatable bonds is 14. The van der Waals surface area contributed by atoms with Crippen molar-refractivity contribution in [2.24, 2.45) is 46.3 Å². The minimum absolute atomic E-state index is 0.102. The van der Waals surface area contributed by atoms with E-state index in [2.05, 4.69) is 40.7 Å². The molecule has 2 aromatic carbocycles. The highest BCUT2D eigenvalue weighted by Crippen LogP contribution is 2.67. The Morgan fingerprint density at radius 1 is 0.897 bits per heavy atom. The number of benzene rings is 2. The quantitative estimate of drug-likeness (QED) is 0.176. The van der Waals surface area contributed by atoms with Gasteiger partial charge in [-0.1, -0.05) is 126 Å². The first-order valence-corrected chi connectivity index (χ1v) is 22.7. The number of carbonyl (C=O) groups excluding carboxylic acids is 2. The number of hydrogen-bond acceptors (Lipinski definition) is 7. The van der Waals surface area contributed by atoms with E-state index in [4.69, 9.17) is 23.7 Å². The van der Waals surface area contributed by atoms with Gasteiger partial charge in [0, 0.05) is 6.92 Å². The molecule has 8 nitrogen and oxygen atoms in total. The van der Waals surface area contributed by atoms with Crippen LogP contribution in [0, 0.1) is 46.3 Å². The van der Waals surface area contributed by atoms with Crippen LogP contribution in [0.25, 0.3) is 0 Å². The van der Waals surface area contributed by atoms with Crippen LogP contribution in [0.15, 0.2) is 72.3 Å². The lowest BCUT2D eigenvalue weighted by molar-refractivity contribution is -0.291. The van der Waals surface area contributed by atoms with Gasteiger partial charge < -0.3 is 23.7 Å². The van der Waals surface area contributed by atoms with Gasteiger partial charge in [-0.2, -0.15) is 0 Å². The van der Waals surface area contributed by atoms with Crippen LogP contribution in [0.2, 0.25) is 0 Å². The fourth-order valence-corrected chi connectivity index (χ4v) is 13.0. The van der Waals surface area contributed by atoms with Crippen molar-refractivity contribution in [1.29, 1.82) is 0 Å². The molecule has 5 fully saturated rings. The second-order valence-corrected chi connectivity index (χ2v) is 19.8. The molecule has 8 heteroatoms. The fraction of sp³-hybridized carbons (Fsp3) is 0.680. The predicted molar refractivity (Wildman–Crippen MR) is 224 cm³/mol. The second-order valence-electron chi connectivity index (χ2n) is 19.8. The Morgan fingerprint density at radius 3 is 2.33 bits per heavy atom. The topological polar surface area (TPSA) is 83.5 Å². The maximum absolute atomic E-state index is 13.4. The molecule has 2 aliphatic heterocycles. The number of carbonyl (C=O) groups is 2. The van der Waals surface area contributed by atoms with Gasteiger partial charge in [0.15, 0.2) is 12.4 Å². The van der Waals surface area contributed by atoms with Gasteiger partial charge in [-0.3, -0.25) is 4.79 Å². The van der Waals surface area contributed by atoms with Gasteiger partial charge in [0.2, 0.25) is 5.91 Å². The molecule has 0 aromatic heterocycles. The van der Waals surface area contributed by atoms with E-state index >= 15 is 0 Å². The first-order valence-electron chi connectivity index (χ1n) is 22.7. The summed E-state index contributed by atoms with van der Waals surface area (Å²) in [5.74, 6) is 4.34. The van der Waals surface area contributed by atoms with E-state index in [1.54, 1.807) is 0 Å². The van der Waals surface area contributed by atoms with E-state index in [0.717, 1.165) is 60.0 Å². The summed E-state index contributed by atoms with van der Waals surface area (Å²) in [6.45, 7) is 14.8. The molecule has 3 saturated carbocycles. The van der Waals surface area contributed by atoms with E-state index in [9.17, 15) is 9.59 Å². The minimum Gasteiger partial charge on any atom is -0.440 e. The van der Waals surface area contributed by atoms with E-state index in [1.807, 2.05) is 60.7 Å². The molecule has 2 heterocycles. The largest absolute Gasteiger partial charge is 0.440 e. The van der Waals surface area contributed by atoms with Crippen LogP contribution in [0.1, 0.15) is 123 Å². The van der Waals surface area contributed by atoms with E-state index in [1.165, 1.54) is 68.8 Å². The molecule has 13 atom stereocenters. The van der Waals surface area contributed by atoms with Crippen LogP contribution < -0.4 is 0 Å². The average molecular weight is 796 g/mol. The molecule has 2 saturated heterocycles. The molecule has 2 amide bonds. The van der Waals surface area contributed by atoms with Gasteiger partial charge in [-0.15, -0.1) is 0 Å². The van der Waals surface area contributed by atoms with Crippen molar-refractivity contribution in [3.05, 3.63) is 83.4 Å². The number of imide groups is 1. The van der Waals surface area contributed by atoms with Crippen LogP contribution in [0.5, 0.6) is 0 Å². The predicted octanol–water partition coefficient (Wildman–Crippen LogP) is 10.7. The third kappa shape index (κ3) is 8.21. The lowest BCUT2D eigenvalue weighted by atomic mass is 9.47. The van der Waals surface area contributed by atoms with Gasteiger partial charge in [0.05, 0.1) is 25.9 Å². The Labute approximate surface area is 347 Å². The molecule has 2 aromatic rings. The summed E-state index contributed by atoms with van der Waals surface area (Å²) in [6.07, 6.45) is 12.5. The zero-order valence-electron chi connectivity index (χ0n) is 36.0. The molecular formula is C50H69NO7. The maximum Gasteiger partial charge on any atom is 0.417 e. The Hall–Kier alpha value is -3.04.